The summed E-state index contributed by atoms with van der Waals surface area (Å²) in [6.07, 6.45) is 0. The molecule has 2 aromatic carbocycles. The maximum atomic E-state index is 12.6. The number of rotatable bonds is 3. The number of aryl methyl sites for hydroxylation is 1. The zero-order valence-electron chi connectivity index (χ0n) is 13.2. The van der Waals surface area contributed by atoms with Gasteiger partial charge in [0.2, 0.25) is 4.96 Å². The van der Waals surface area contributed by atoms with Gasteiger partial charge in [-0.15, -0.1) is 0 Å². The highest BCUT2D eigenvalue weighted by Crippen LogP contribution is 2.31. The Labute approximate surface area is 152 Å². The minimum atomic E-state index is -0.235. The van der Waals surface area contributed by atoms with Crippen LogP contribution in [0.25, 0.3) is 16.2 Å². The lowest BCUT2D eigenvalue weighted by Gasteiger charge is -2.07. The van der Waals surface area contributed by atoms with Gasteiger partial charge in [-0.2, -0.15) is 9.61 Å². The summed E-state index contributed by atoms with van der Waals surface area (Å²) in [6, 6.07) is 16.5. The monoisotopic (exact) mass is 368 g/mol. The Kier molecular flexibility index (Phi) is 3.99. The third-order valence-electron chi connectivity index (χ3n) is 3.69. The SMILES string of the molecule is Cc1nn2c(NC(=O)c3ccc(Cl)cc3)c(-c3ccccc3)nc2s1. The van der Waals surface area contributed by atoms with Crippen molar-refractivity contribution in [1.82, 2.24) is 14.6 Å². The summed E-state index contributed by atoms with van der Waals surface area (Å²) in [7, 11) is 0. The van der Waals surface area contributed by atoms with E-state index in [2.05, 4.69) is 15.4 Å². The van der Waals surface area contributed by atoms with Crippen LogP contribution in [0.2, 0.25) is 5.02 Å². The van der Waals surface area contributed by atoms with Crippen LogP contribution in [0.1, 0.15) is 15.4 Å². The number of anilines is 1. The molecule has 0 atom stereocenters. The summed E-state index contributed by atoms with van der Waals surface area (Å²) in [5, 5.41) is 8.87. The first-order valence-corrected chi connectivity index (χ1v) is 8.80. The van der Waals surface area contributed by atoms with E-state index in [0.717, 1.165) is 15.5 Å². The zero-order valence-corrected chi connectivity index (χ0v) is 14.8. The van der Waals surface area contributed by atoms with Gasteiger partial charge in [0.15, 0.2) is 5.82 Å². The Hall–Kier alpha value is -2.70. The van der Waals surface area contributed by atoms with Crippen molar-refractivity contribution in [3.05, 3.63) is 70.2 Å². The number of amides is 1. The summed E-state index contributed by atoms with van der Waals surface area (Å²) in [5.74, 6) is 0.326. The highest BCUT2D eigenvalue weighted by Gasteiger charge is 2.19. The van der Waals surface area contributed by atoms with Crippen molar-refractivity contribution in [2.75, 3.05) is 5.32 Å². The van der Waals surface area contributed by atoms with Crippen molar-refractivity contribution in [3.8, 4) is 11.3 Å². The Morgan fingerprint density at radius 2 is 1.84 bits per heavy atom. The molecular weight excluding hydrogens is 356 g/mol. The van der Waals surface area contributed by atoms with Gasteiger partial charge in [-0.05, 0) is 31.2 Å². The molecule has 1 amide bonds. The predicted octanol–water partition coefficient (Wildman–Crippen LogP) is 4.67. The number of carbonyl (C=O) groups excluding carboxylic acids is 1. The van der Waals surface area contributed by atoms with Crippen molar-refractivity contribution in [2.24, 2.45) is 0 Å². The van der Waals surface area contributed by atoms with E-state index in [1.807, 2.05) is 37.3 Å². The molecule has 0 aliphatic carbocycles. The van der Waals surface area contributed by atoms with Gasteiger partial charge in [-0.1, -0.05) is 53.3 Å². The third kappa shape index (κ3) is 3.01. The first-order chi connectivity index (χ1) is 12.1. The fraction of sp³-hybridized carbons (Fsp3) is 0.0556. The number of hydrogen-bond acceptors (Lipinski definition) is 4. The number of carbonyl (C=O) groups is 1. The maximum absolute atomic E-state index is 12.6. The maximum Gasteiger partial charge on any atom is 0.256 e. The molecule has 124 valence electrons. The molecule has 4 aromatic rings. The molecule has 0 unspecified atom stereocenters. The number of nitrogens with zero attached hydrogens (tertiary/aromatic N) is 3. The highest BCUT2D eigenvalue weighted by molar-refractivity contribution is 7.16. The van der Waals surface area contributed by atoms with Crippen molar-refractivity contribution >= 4 is 39.6 Å². The van der Waals surface area contributed by atoms with Gasteiger partial charge < -0.3 is 5.32 Å². The smallest absolute Gasteiger partial charge is 0.256 e. The topological polar surface area (TPSA) is 59.3 Å². The second-order valence-electron chi connectivity index (χ2n) is 5.45. The van der Waals surface area contributed by atoms with Crippen molar-refractivity contribution < 1.29 is 4.79 Å². The third-order valence-corrected chi connectivity index (χ3v) is 4.77. The largest absolute Gasteiger partial charge is 0.305 e. The molecular formula is C18H13ClN4OS. The number of nitrogens with one attached hydrogen (secondary N) is 1. The van der Waals surface area contributed by atoms with Crippen LogP contribution >= 0.6 is 22.9 Å². The molecule has 25 heavy (non-hydrogen) atoms. The van der Waals surface area contributed by atoms with Gasteiger partial charge in [0.1, 0.15) is 10.7 Å². The molecule has 2 aromatic heterocycles. The second kappa shape index (κ2) is 6.31. The molecule has 0 aliphatic heterocycles. The Bertz CT molecular complexity index is 1050. The molecule has 0 saturated carbocycles. The lowest BCUT2D eigenvalue weighted by atomic mass is 10.1. The van der Waals surface area contributed by atoms with Gasteiger partial charge in [-0.3, -0.25) is 4.79 Å². The minimum Gasteiger partial charge on any atom is -0.305 e. The number of imidazole rings is 1. The van der Waals surface area contributed by atoms with E-state index < -0.39 is 0 Å². The van der Waals surface area contributed by atoms with E-state index in [1.54, 1.807) is 28.8 Å². The molecule has 0 spiro atoms. The number of fused-ring (bicyclic) bond motifs is 1. The second-order valence-corrected chi connectivity index (χ2v) is 7.05. The standard InChI is InChI=1S/C18H13ClN4OS/c1-11-22-23-16(21-17(24)13-7-9-14(19)10-8-13)15(20-18(23)25-11)12-5-3-2-4-6-12/h2-10H,1H3,(H,21,24). The Morgan fingerprint density at radius 3 is 2.56 bits per heavy atom. The van der Waals surface area contributed by atoms with Crippen LogP contribution in [0.4, 0.5) is 5.82 Å². The van der Waals surface area contributed by atoms with E-state index in [4.69, 9.17) is 11.6 Å². The van der Waals surface area contributed by atoms with Gasteiger partial charge in [0.05, 0.1) is 0 Å². The van der Waals surface area contributed by atoms with E-state index in [9.17, 15) is 4.79 Å². The zero-order chi connectivity index (χ0) is 17.4. The van der Waals surface area contributed by atoms with Crippen LogP contribution < -0.4 is 5.32 Å². The summed E-state index contributed by atoms with van der Waals surface area (Å²) in [6.45, 7) is 1.91. The van der Waals surface area contributed by atoms with E-state index in [0.29, 0.717) is 22.1 Å². The predicted molar refractivity (Wildman–Crippen MR) is 100 cm³/mol. The average Bonchev–Trinajstić information content (AvgIpc) is 3.13. The van der Waals surface area contributed by atoms with Gasteiger partial charge in [0.25, 0.3) is 5.91 Å². The molecule has 7 heteroatoms. The average molecular weight is 369 g/mol. The summed E-state index contributed by atoms with van der Waals surface area (Å²) in [5.41, 5.74) is 2.14. The van der Waals surface area contributed by atoms with Crippen LogP contribution in [0.3, 0.4) is 0 Å². The normalized spacial score (nSPS) is 11.0. The number of halogens is 1. The molecule has 2 heterocycles. The van der Waals surface area contributed by atoms with Gasteiger partial charge in [-0.25, -0.2) is 4.98 Å². The van der Waals surface area contributed by atoms with E-state index >= 15 is 0 Å². The quantitative estimate of drug-likeness (QED) is 0.571. The van der Waals surface area contributed by atoms with Gasteiger partial charge in [0, 0.05) is 16.1 Å². The van der Waals surface area contributed by atoms with Crippen LogP contribution in [0.15, 0.2) is 54.6 Å². The summed E-state index contributed by atoms with van der Waals surface area (Å²) >= 11 is 7.37. The van der Waals surface area contributed by atoms with Gasteiger partial charge >= 0.3 is 0 Å². The van der Waals surface area contributed by atoms with Crippen molar-refractivity contribution in [1.29, 1.82) is 0 Å². The van der Waals surface area contributed by atoms with Crippen LogP contribution in [0.5, 0.6) is 0 Å². The summed E-state index contributed by atoms with van der Waals surface area (Å²) < 4.78 is 1.68. The first kappa shape index (κ1) is 15.8. The van der Waals surface area contributed by atoms with Crippen molar-refractivity contribution in [3.63, 3.8) is 0 Å². The molecule has 4 rings (SSSR count). The molecule has 1 N–H and O–H groups in total. The number of hydrogen-bond donors (Lipinski definition) is 1. The number of benzene rings is 2. The number of aromatic nitrogens is 3. The highest BCUT2D eigenvalue weighted by atomic mass is 35.5. The summed E-state index contributed by atoms with van der Waals surface area (Å²) in [4.78, 5) is 18.0. The molecule has 5 nitrogen and oxygen atoms in total. The minimum absolute atomic E-state index is 0.235. The molecule has 0 aliphatic rings. The Balaban J connectivity index is 1.79. The van der Waals surface area contributed by atoms with Crippen molar-refractivity contribution in [2.45, 2.75) is 6.92 Å². The molecule has 0 bridgehead atoms. The Morgan fingerprint density at radius 1 is 1.12 bits per heavy atom. The van der Waals surface area contributed by atoms with Crippen LogP contribution in [-0.2, 0) is 0 Å². The van der Waals surface area contributed by atoms with E-state index in [1.165, 1.54) is 11.3 Å². The van der Waals surface area contributed by atoms with Crippen LogP contribution in [0, 0.1) is 6.92 Å². The molecule has 0 fully saturated rings. The van der Waals surface area contributed by atoms with Crippen LogP contribution in [-0.4, -0.2) is 20.5 Å². The lowest BCUT2D eigenvalue weighted by Crippen LogP contribution is -2.14. The fourth-order valence-electron chi connectivity index (χ4n) is 2.53. The fourth-order valence-corrected chi connectivity index (χ4v) is 3.40. The first-order valence-electron chi connectivity index (χ1n) is 7.60. The van der Waals surface area contributed by atoms with E-state index in [-0.39, 0.29) is 5.91 Å². The molecule has 0 radical (unpaired) electrons. The molecule has 0 saturated heterocycles. The lowest BCUT2D eigenvalue weighted by molar-refractivity contribution is 0.102.